The summed E-state index contributed by atoms with van der Waals surface area (Å²) in [7, 11) is -3.80. The Morgan fingerprint density at radius 2 is 1.57 bits per heavy atom. The first-order valence-electron chi connectivity index (χ1n) is 15.4. The van der Waals surface area contributed by atoms with Gasteiger partial charge in [0.1, 0.15) is 30.7 Å². The molecule has 1 aliphatic carbocycles. The SMILES string of the molecule is CC(OC(=O)NC1C(OP(C)(=O)Oc2ccc(CO)cc2)[C@@H](COC(=O)C(C)(C)C)O[C@H]1C)C1c2ccccc2-c2ccccc21. The number of benzene rings is 3. The average Bonchev–Trinajstić information content (AvgIpc) is 3.49. The minimum atomic E-state index is -3.80. The van der Waals surface area contributed by atoms with Crippen LogP contribution in [-0.4, -0.2) is 60.9 Å². The highest BCUT2D eigenvalue weighted by atomic mass is 31.2. The Hall–Kier alpha value is -3.69. The molecule has 0 aromatic heterocycles. The maximum atomic E-state index is 13.7. The molecule has 0 saturated carbocycles. The molecule has 246 valence electrons. The number of fused-ring (bicyclic) bond motifs is 3. The predicted octanol–water partition coefficient (Wildman–Crippen LogP) is 6.44. The molecule has 6 atom stereocenters. The number of amides is 1. The summed E-state index contributed by atoms with van der Waals surface area (Å²) in [5.41, 5.74) is 4.31. The van der Waals surface area contributed by atoms with Crippen molar-refractivity contribution in [2.75, 3.05) is 13.3 Å². The monoisotopic (exact) mass is 651 g/mol. The molecular formula is C35H42NO9P. The van der Waals surface area contributed by atoms with Crippen molar-refractivity contribution in [1.82, 2.24) is 5.32 Å². The van der Waals surface area contributed by atoms with Gasteiger partial charge in [-0.1, -0.05) is 60.7 Å². The van der Waals surface area contributed by atoms with Gasteiger partial charge >= 0.3 is 19.7 Å². The average molecular weight is 652 g/mol. The first-order chi connectivity index (χ1) is 21.8. The van der Waals surface area contributed by atoms with Crippen LogP contribution < -0.4 is 9.84 Å². The van der Waals surface area contributed by atoms with Gasteiger partial charge in [-0.15, -0.1) is 0 Å². The molecular weight excluding hydrogens is 609 g/mol. The number of ether oxygens (including phenoxy) is 3. The van der Waals surface area contributed by atoms with Gasteiger partial charge in [0.25, 0.3) is 0 Å². The van der Waals surface area contributed by atoms with Gasteiger partial charge < -0.3 is 29.2 Å². The van der Waals surface area contributed by atoms with E-state index in [0.717, 1.165) is 22.3 Å². The number of aliphatic hydroxyl groups is 1. The summed E-state index contributed by atoms with van der Waals surface area (Å²) >= 11 is 0. The van der Waals surface area contributed by atoms with Crippen LogP contribution in [0.3, 0.4) is 0 Å². The van der Waals surface area contributed by atoms with E-state index in [2.05, 4.69) is 17.4 Å². The molecule has 1 fully saturated rings. The van der Waals surface area contributed by atoms with Gasteiger partial charge in [-0.3, -0.25) is 9.32 Å². The number of esters is 1. The lowest BCUT2D eigenvalue weighted by atomic mass is 9.92. The lowest BCUT2D eigenvalue weighted by Crippen LogP contribution is -2.49. The van der Waals surface area contributed by atoms with E-state index in [1.54, 1.807) is 52.0 Å². The molecule has 3 aromatic rings. The standard InChI is InChI=1S/C35H42NO9P/c1-21(30-27-13-9-7-11-25(27)26-12-8-10-14-28(26)30)43-34(39)36-31-22(2)42-29(20-41-33(38)35(3,4)5)32(31)45-46(6,40)44-24-17-15-23(19-37)16-18-24/h7-18,21-22,29-32,37H,19-20H2,1-6H3,(H,36,39)/t21?,22-,29+,31?,32?,46?/m0/s1. The minimum Gasteiger partial charge on any atom is -0.462 e. The summed E-state index contributed by atoms with van der Waals surface area (Å²) in [6.45, 7) is 9.80. The van der Waals surface area contributed by atoms with E-state index in [9.17, 15) is 19.3 Å². The molecule has 10 nitrogen and oxygen atoms in total. The molecule has 2 N–H and O–H groups in total. The second-order valence-electron chi connectivity index (χ2n) is 12.9. The van der Waals surface area contributed by atoms with Crippen LogP contribution in [0.1, 0.15) is 57.2 Å². The maximum Gasteiger partial charge on any atom is 0.407 e. The highest BCUT2D eigenvalue weighted by molar-refractivity contribution is 7.53. The lowest BCUT2D eigenvalue weighted by molar-refractivity contribution is -0.158. The highest BCUT2D eigenvalue weighted by Crippen LogP contribution is 2.49. The van der Waals surface area contributed by atoms with Gasteiger partial charge in [0.15, 0.2) is 0 Å². The molecule has 4 unspecified atom stereocenters. The van der Waals surface area contributed by atoms with Gasteiger partial charge in [-0.05, 0) is 74.6 Å². The third kappa shape index (κ3) is 7.47. The zero-order chi connectivity index (χ0) is 33.2. The quantitative estimate of drug-likeness (QED) is 0.188. The van der Waals surface area contributed by atoms with E-state index < -0.39 is 55.5 Å². The smallest absolute Gasteiger partial charge is 0.407 e. The molecule has 0 radical (unpaired) electrons. The van der Waals surface area contributed by atoms with Crippen molar-refractivity contribution in [2.24, 2.45) is 5.41 Å². The third-order valence-electron chi connectivity index (χ3n) is 8.23. The molecule has 1 heterocycles. The summed E-state index contributed by atoms with van der Waals surface area (Å²) in [5.74, 6) is -0.321. The third-order valence-corrected chi connectivity index (χ3v) is 9.39. The fraction of sp³-hybridized carbons (Fsp3) is 0.429. The molecule has 3 aromatic carbocycles. The second-order valence-corrected chi connectivity index (χ2v) is 14.8. The largest absolute Gasteiger partial charge is 0.462 e. The number of alkyl carbamates (subject to hydrolysis) is 1. The zero-order valence-corrected chi connectivity index (χ0v) is 27.9. The minimum absolute atomic E-state index is 0.144. The fourth-order valence-corrected chi connectivity index (χ4v) is 7.23. The lowest BCUT2D eigenvalue weighted by Gasteiger charge is -2.29. The van der Waals surface area contributed by atoms with E-state index in [-0.39, 0.29) is 24.9 Å². The first kappa shape index (κ1) is 33.7. The highest BCUT2D eigenvalue weighted by Gasteiger charge is 2.48. The zero-order valence-electron chi connectivity index (χ0n) is 27.0. The van der Waals surface area contributed by atoms with Crippen LogP contribution in [-0.2, 0) is 34.7 Å². The first-order valence-corrected chi connectivity index (χ1v) is 17.4. The molecule has 46 heavy (non-hydrogen) atoms. The van der Waals surface area contributed by atoms with Gasteiger partial charge in [-0.2, -0.15) is 0 Å². The van der Waals surface area contributed by atoms with E-state index in [1.807, 2.05) is 43.3 Å². The van der Waals surface area contributed by atoms with Crippen molar-refractivity contribution in [1.29, 1.82) is 0 Å². The predicted molar refractivity (Wildman–Crippen MR) is 173 cm³/mol. The van der Waals surface area contributed by atoms with Crippen molar-refractivity contribution in [3.63, 3.8) is 0 Å². The fourth-order valence-electron chi connectivity index (χ4n) is 5.97. The van der Waals surface area contributed by atoms with Crippen LogP contribution >= 0.6 is 7.60 Å². The molecule has 1 amide bonds. The van der Waals surface area contributed by atoms with Gasteiger partial charge in [0.05, 0.1) is 24.2 Å². The van der Waals surface area contributed by atoms with E-state index in [0.29, 0.717) is 5.56 Å². The summed E-state index contributed by atoms with van der Waals surface area (Å²) in [6.07, 6.45) is -3.68. The number of hydrogen-bond acceptors (Lipinski definition) is 9. The summed E-state index contributed by atoms with van der Waals surface area (Å²) in [6, 6.07) is 21.8. The topological polar surface area (TPSA) is 130 Å². The van der Waals surface area contributed by atoms with Gasteiger partial charge in [-0.25, -0.2) is 9.36 Å². The van der Waals surface area contributed by atoms with Crippen LogP contribution in [0.2, 0.25) is 0 Å². The molecule has 2 aliphatic rings. The summed E-state index contributed by atoms with van der Waals surface area (Å²) in [4.78, 5) is 26.0. The van der Waals surface area contributed by atoms with Crippen LogP contribution in [0.5, 0.6) is 5.75 Å². The number of carbonyl (C=O) groups is 2. The van der Waals surface area contributed by atoms with E-state index >= 15 is 0 Å². The van der Waals surface area contributed by atoms with Crippen LogP contribution in [0.15, 0.2) is 72.8 Å². The van der Waals surface area contributed by atoms with Crippen LogP contribution in [0.25, 0.3) is 11.1 Å². The Labute approximate surface area is 269 Å². The Morgan fingerprint density at radius 3 is 2.13 bits per heavy atom. The van der Waals surface area contributed by atoms with Gasteiger partial charge in [0.2, 0.25) is 0 Å². The Balaban J connectivity index is 1.33. The van der Waals surface area contributed by atoms with Crippen molar-refractivity contribution < 1.29 is 42.5 Å². The van der Waals surface area contributed by atoms with Crippen molar-refractivity contribution >= 4 is 19.7 Å². The molecule has 0 spiro atoms. The molecule has 1 aliphatic heterocycles. The Bertz CT molecular complexity index is 1560. The number of carbonyl (C=O) groups excluding carboxylic acids is 2. The Morgan fingerprint density at radius 1 is 0.978 bits per heavy atom. The van der Waals surface area contributed by atoms with E-state index in [4.69, 9.17) is 23.3 Å². The number of hydrogen-bond donors (Lipinski definition) is 2. The second kappa shape index (κ2) is 13.6. The molecule has 1 saturated heterocycles. The Kier molecular flexibility index (Phi) is 9.94. The van der Waals surface area contributed by atoms with Gasteiger partial charge in [0, 0.05) is 12.6 Å². The maximum absolute atomic E-state index is 13.7. The van der Waals surface area contributed by atoms with E-state index in [1.165, 1.54) is 6.66 Å². The van der Waals surface area contributed by atoms with Crippen molar-refractivity contribution in [3.05, 3.63) is 89.5 Å². The van der Waals surface area contributed by atoms with Crippen molar-refractivity contribution in [3.8, 4) is 16.9 Å². The molecule has 5 rings (SSSR count). The van der Waals surface area contributed by atoms with Crippen LogP contribution in [0, 0.1) is 5.41 Å². The van der Waals surface area contributed by atoms with Crippen molar-refractivity contribution in [2.45, 2.75) is 77.6 Å². The summed E-state index contributed by atoms with van der Waals surface area (Å²) in [5, 5.41) is 12.2. The summed E-state index contributed by atoms with van der Waals surface area (Å²) < 4.78 is 43.1. The number of aliphatic hydroxyl groups excluding tert-OH is 1. The van der Waals surface area contributed by atoms with Crippen LogP contribution in [0.4, 0.5) is 4.79 Å². The molecule has 11 heteroatoms. The number of rotatable bonds is 10. The molecule has 0 bridgehead atoms. The normalized spacial score (nSPS) is 22.7. The number of nitrogens with one attached hydrogen (secondary N) is 1.